The van der Waals surface area contributed by atoms with Crippen LogP contribution in [0.5, 0.6) is 0 Å². The van der Waals surface area contributed by atoms with Crippen molar-refractivity contribution in [3.8, 4) is 27.9 Å². The zero-order valence-electron chi connectivity index (χ0n) is 53.7. The number of aromatic nitrogens is 1. The zero-order chi connectivity index (χ0) is 61.5. The van der Waals surface area contributed by atoms with Gasteiger partial charge in [0.2, 0.25) is 0 Å². The highest BCUT2D eigenvalue weighted by atomic mass is 15.2. The Hall–Kier alpha value is -9.32. The van der Waals surface area contributed by atoms with Gasteiger partial charge in [-0.2, -0.15) is 0 Å². The summed E-state index contributed by atoms with van der Waals surface area (Å²) in [5.41, 5.74) is 31.3. The van der Waals surface area contributed by atoms with Crippen molar-refractivity contribution in [2.45, 2.75) is 92.2 Å². The number of para-hydroxylation sites is 2. The van der Waals surface area contributed by atoms with E-state index in [-0.39, 0.29) is 17.5 Å². The topological polar surface area (TPSA) is 14.7 Å². The van der Waals surface area contributed by atoms with Gasteiger partial charge in [0.15, 0.2) is 0 Å². The first kappa shape index (κ1) is 54.4. The maximum absolute atomic E-state index is 2.94. The highest BCUT2D eigenvalue weighted by Gasteiger charge is 2.50. The molecular weight excluding hydrogens is 1110 g/mol. The lowest BCUT2D eigenvalue weighted by Gasteiger charge is -2.58. The fourth-order valence-electron chi connectivity index (χ4n) is 19.0. The van der Waals surface area contributed by atoms with Crippen LogP contribution in [0.3, 0.4) is 0 Å². The van der Waals surface area contributed by atoms with E-state index in [0.717, 1.165) is 29.6 Å². The molecule has 4 nitrogen and oxygen atoms in total. The van der Waals surface area contributed by atoms with Crippen molar-refractivity contribution in [1.82, 2.24) is 4.57 Å². The summed E-state index contributed by atoms with van der Waals surface area (Å²) in [4.78, 5) is 8.30. The summed E-state index contributed by atoms with van der Waals surface area (Å²) in [6.07, 6.45) is 23.2. The number of benzene rings is 9. The molecule has 4 bridgehead atoms. The normalized spacial score (nSPS) is 23.0. The molecule has 448 valence electrons. The van der Waals surface area contributed by atoms with Gasteiger partial charge in [0, 0.05) is 80.2 Å². The first-order valence-electron chi connectivity index (χ1n) is 34.3. The number of fused-ring (bicyclic) bond motifs is 7. The molecule has 1 aromatic heterocycles. The minimum Gasteiger partial charge on any atom is -0.365 e. The Kier molecular flexibility index (Phi) is 11.9. The second kappa shape index (κ2) is 20.1. The third-order valence-electron chi connectivity index (χ3n) is 23.1. The van der Waals surface area contributed by atoms with Crippen molar-refractivity contribution >= 4 is 90.3 Å². The third kappa shape index (κ3) is 8.35. The predicted molar refractivity (Wildman–Crippen MR) is 388 cm³/mol. The van der Waals surface area contributed by atoms with Crippen molar-refractivity contribution in [1.29, 1.82) is 0 Å². The Bertz CT molecular complexity index is 4860. The summed E-state index contributed by atoms with van der Waals surface area (Å²) >= 11 is 0. The molecule has 4 fully saturated rings. The van der Waals surface area contributed by atoms with Gasteiger partial charge in [-0.15, -0.1) is 0 Å². The van der Waals surface area contributed by atoms with Crippen LogP contribution in [0.2, 0.25) is 0 Å². The summed E-state index contributed by atoms with van der Waals surface area (Å²) in [6, 6.07) is 80.4. The predicted octanol–water partition coefficient (Wildman–Crippen LogP) is 20.4. The van der Waals surface area contributed by atoms with Gasteiger partial charge in [-0.1, -0.05) is 223 Å². The van der Waals surface area contributed by atoms with Crippen molar-refractivity contribution in [2.75, 3.05) is 14.7 Å². The number of anilines is 7. The third-order valence-corrected chi connectivity index (χ3v) is 23.1. The lowest BCUT2D eigenvalue weighted by Crippen LogP contribution is -2.62. The van der Waals surface area contributed by atoms with Crippen LogP contribution in [0.4, 0.5) is 39.8 Å². The van der Waals surface area contributed by atoms with Gasteiger partial charge < -0.3 is 19.3 Å². The van der Waals surface area contributed by atoms with Gasteiger partial charge >= 0.3 is 0 Å². The van der Waals surface area contributed by atoms with Crippen LogP contribution < -0.4 is 31.1 Å². The van der Waals surface area contributed by atoms with Gasteiger partial charge in [-0.3, -0.25) is 0 Å². The number of hydrogen-bond donors (Lipinski definition) is 0. The molecule has 2 saturated heterocycles. The van der Waals surface area contributed by atoms with E-state index in [1.54, 1.807) is 5.57 Å². The first-order chi connectivity index (χ1) is 44.8. The Balaban J connectivity index is 0.896. The Morgan fingerprint density at radius 1 is 0.424 bits per heavy atom. The standard InChI is InChI=1S/C87H77BN4/c1-86(2,3)63-44-60-25-26-61-45-64(87(4,5)6)49-74-73(47-62(46-63)83(60)84(61)74)59-31-38-79-76(48-59)88-75-37-36-67(92-77-23-15-13-21-71(77)72-22-14-16-24-78(72)92)50-80(75)91(66-34-29-58(30-35-66)56-19-11-8-12-20-56)82-52-70(89-68-40-53-39-54(42-68)43-69(89)41-53)51-81(85(82)88)90(79)65-32-27-57(28-33-65)55-17-9-7-10-18-55/h7-38,45-54,60,68-69,83-84H,39-44H2,1-6H3. The quantitative estimate of drug-likeness (QED) is 0.148. The van der Waals surface area contributed by atoms with Gasteiger partial charge in [0.05, 0.1) is 11.0 Å². The van der Waals surface area contributed by atoms with E-state index in [4.69, 9.17) is 0 Å². The molecule has 92 heavy (non-hydrogen) atoms. The van der Waals surface area contributed by atoms with E-state index in [2.05, 4.69) is 304 Å². The summed E-state index contributed by atoms with van der Waals surface area (Å²) in [6.45, 7) is 14.3. The summed E-state index contributed by atoms with van der Waals surface area (Å²) in [5, 5.41) is 2.54. The van der Waals surface area contributed by atoms with E-state index in [0.29, 0.717) is 29.8 Å². The SMILES string of the molecule is CC(C)(C)C1=CC2=C(c3ccc4c(c3)B3c5ccc(-n6c7ccccc7c7ccccc76)cc5N(c5ccc(-c6ccccc6)cc5)c5cc(N6C7CC8CC(C7)CC6C8)cc(c53)N4c3ccc(-c4ccccc4)cc3)C=C3C=C(C(C)(C)C)CC4C=CC(=C1)C2C34. The molecule has 3 atom stereocenters. The number of allylic oxidation sites excluding steroid dienone is 12. The largest absolute Gasteiger partial charge is 0.365 e. The molecule has 6 aliphatic carbocycles. The molecule has 4 aliphatic heterocycles. The van der Waals surface area contributed by atoms with Gasteiger partial charge in [0.25, 0.3) is 6.71 Å². The van der Waals surface area contributed by atoms with Crippen LogP contribution in [0.15, 0.2) is 271 Å². The van der Waals surface area contributed by atoms with E-state index < -0.39 is 0 Å². The highest BCUT2D eigenvalue weighted by Crippen LogP contribution is 2.58. The monoisotopic (exact) mass is 1190 g/mol. The maximum atomic E-state index is 2.94. The summed E-state index contributed by atoms with van der Waals surface area (Å²) < 4.78 is 2.52. The average Bonchev–Trinajstić information content (AvgIpc) is 0.781. The second-order valence-corrected chi connectivity index (χ2v) is 30.5. The number of nitrogens with zero attached hydrogens (tertiary/aromatic N) is 4. The fraction of sp³-hybridized carbons (Fsp3) is 0.241. The minimum absolute atomic E-state index is 0.0210. The highest BCUT2D eigenvalue weighted by molar-refractivity contribution is 7.00. The van der Waals surface area contributed by atoms with Crippen molar-refractivity contribution in [3.05, 3.63) is 276 Å². The molecule has 0 N–H and O–H groups in total. The van der Waals surface area contributed by atoms with Crippen molar-refractivity contribution < 1.29 is 0 Å². The molecule has 10 aliphatic rings. The lowest BCUT2D eigenvalue weighted by molar-refractivity contribution is 0.0900. The lowest BCUT2D eigenvalue weighted by atomic mass is 9.33. The maximum Gasteiger partial charge on any atom is 0.252 e. The first-order valence-corrected chi connectivity index (χ1v) is 34.3. The molecule has 3 unspecified atom stereocenters. The second-order valence-electron chi connectivity index (χ2n) is 30.5. The van der Waals surface area contributed by atoms with Crippen molar-refractivity contribution in [3.63, 3.8) is 0 Å². The van der Waals surface area contributed by atoms with Crippen LogP contribution in [0.1, 0.15) is 85.6 Å². The van der Waals surface area contributed by atoms with Crippen LogP contribution in [0.25, 0.3) is 55.3 Å². The van der Waals surface area contributed by atoms with E-state index in [9.17, 15) is 0 Å². The Morgan fingerprint density at radius 2 is 0.967 bits per heavy atom. The molecule has 10 aromatic rings. The molecular formula is C87H77BN4. The van der Waals surface area contributed by atoms with Crippen LogP contribution in [0, 0.1) is 40.4 Å². The van der Waals surface area contributed by atoms with Crippen LogP contribution in [-0.4, -0.2) is 23.4 Å². The minimum atomic E-state index is -0.0967. The number of piperidine rings is 2. The Morgan fingerprint density at radius 3 is 1.57 bits per heavy atom. The fourth-order valence-corrected chi connectivity index (χ4v) is 19.0. The Labute approximate surface area is 543 Å². The summed E-state index contributed by atoms with van der Waals surface area (Å²) in [5.74, 6) is 2.84. The molecule has 20 rings (SSSR count). The molecule has 0 amide bonds. The van der Waals surface area contributed by atoms with Gasteiger partial charge in [-0.25, -0.2) is 0 Å². The molecule has 2 saturated carbocycles. The van der Waals surface area contributed by atoms with Crippen LogP contribution >= 0.6 is 0 Å². The molecule has 5 heteroatoms. The molecule has 0 radical (unpaired) electrons. The van der Waals surface area contributed by atoms with Gasteiger partial charge in [0.1, 0.15) is 0 Å². The smallest absolute Gasteiger partial charge is 0.252 e. The van der Waals surface area contributed by atoms with Gasteiger partial charge in [-0.05, 0) is 206 Å². The average molecular weight is 1190 g/mol. The van der Waals surface area contributed by atoms with Crippen LogP contribution in [-0.2, 0) is 0 Å². The van der Waals surface area contributed by atoms with Crippen molar-refractivity contribution in [2.24, 2.45) is 40.4 Å². The van der Waals surface area contributed by atoms with E-state index in [1.165, 1.54) is 160 Å². The number of hydrogen-bond acceptors (Lipinski definition) is 3. The molecule has 5 heterocycles. The summed E-state index contributed by atoms with van der Waals surface area (Å²) in [7, 11) is 0. The molecule has 0 spiro atoms. The number of rotatable bonds is 7. The zero-order valence-corrected chi connectivity index (χ0v) is 53.7. The van der Waals surface area contributed by atoms with E-state index >= 15 is 0 Å². The van der Waals surface area contributed by atoms with E-state index in [1.807, 2.05) is 0 Å². The molecule has 9 aromatic carbocycles.